The van der Waals surface area contributed by atoms with Crippen LogP contribution in [-0.2, 0) is 4.79 Å². The number of anilines is 1. The Hall–Kier alpha value is -1.42. The highest BCUT2D eigenvalue weighted by molar-refractivity contribution is 5.89. The zero-order valence-electron chi connectivity index (χ0n) is 8.94. The van der Waals surface area contributed by atoms with Gasteiger partial charge in [0.2, 0.25) is 5.91 Å². The second kappa shape index (κ2) is 6.14. The van der Waals surface area contributed by atoms with Crippen molar-refractivity contribution in [2.45, 2.75) is 32.2 Å². The molecule has 0 aliphatic carbocycles. The average Bonchev–Trinajstić information content (AvgIpc) is 2.18. The van der Waals surface area contributed by atoms with Crippen LogP contribution in [0.2, 0.25) is 0 Å². The zero-order valence-corrected chi connectivity index (χ0v) is 8.94. The quantitative estimate of drug-likeness (QED) is 0.769. The molecule has 1 heterocycles. The van der Waals surface area contributed by atoms with Gasteiger partial charge >= 0.3 is 0 Å². The lowest BCUT2D eigenvalue weighted by molar-refractivity contribution is -0.116. The standard InChI is InChI=1S/C11H17N3O/c1-9(12)5-4-7-11(15)14-10-6-2-3-8-13-10/h2-3,6,8-9H,4-5,7,12H2,1H3,(H,13,14,15). The minimum atomic E-state index is -0.00523. The Balaban J connectivity index is 2.25. The van der Waals surface area contributed by atoms with Gasteiger partial charge in [-0.2, -0.15) is 0 Å². The van der Waals surface area contributed by atoms with E-state index in [4.69, 9.17) is 5.73 Å². The Morgan fingerprint density at radius 2 is 2.40 bits per heavy atom. The summed E-state index contributed by atoms with van der Waals surface area (Å²) in [6.07, 6.45) is 3.83. The van der Waals surface area contributed by atoms with Crippen molar-refractivity contribution in [1.82, 2.24) is 4.98 Å². The summed E-state index contributed by atoms with van der Waals surface area (Å²) in [5, 5.41) is 2.72. The van der Waals surface area contributed by atoms with Crippen LogP contribution >= 0.6 is 0 Å². The molecule has 0 spiro atoms. The topological polar surface area (TPSA) is 68.0 Å². The van der Waals surface area contributed by atoms with Gasteiger partial charge < -0.3 is 11.1 Å². The van der Waals surface area contributed by atoms with Gasteiger partial charge in [-0.05, 0) is 31.9 Å². The molecule has 0 radical (unpaired) electrons. The molecule has 0 aliphatic heterocycles. The Kier molecular flexibility index (Phi) is 4.77. The number of nitrogens with one attached hydrogen (secondary N) is 1. The molecule has 1 atom stereocenters. The van der Waals surface area contributed by atoms with E-state index in [1.165, 1.54) is 0 Å². The molecule has 0 saturated carbocycles. The Morgan fingerprint density at radius 3 is 3.00 bits per heavy atom. The van der Waals surface area contributed by atoms with Gasteiger partial charge in [-0.1, -0.05) is 6.07 Å². The summed E-state index contributed by atoms with van der Waals surface area (Å²) in [6, 6.07) is 5.58. The molecule has 4 heteroatoms. The van der Waals surface area contributed by atoms with Crippen LogP contribution in [-0.4, -0.2) is 16.9 Å². The SMILES string of the molecule is CC(N)CCCC(=O)Nc1ccccn1. The molecule has 0 aliphatic rings. The van der Waals surface area contributed by atoms with Crippen LogP contribution in [0.15, 0.2) is 24.4 Å². The van der Waals surface area contributed by atoms with Crippen molar-refractivity contribution in [3.05, 3.63) is 24.4 Å². The molecule has 0 fully saturated rings. The van der Waals surface area contributed by atoms with Crippen LogP contribution in [0.4, 0.5) is 5.82 Å². The smallest absolute Gasteiger partial charge is 0.225 e. The number of pyridine rings is 1. The largest absolute Gasteiger partial charge is 0.328 e. The van der Waals surface area contributed by atoms with Crippen LogP contribution in [0.3, 0.4) is 0 Å². The summed E-state index contributed by atoms with van der Waals surface area (Å²) in [6.45, 7) is 1.94. The number of hydrogen-bond donors (Lipinski definition) is 2. The van der Waals surface area contributed by atoms with Crippen LogP contribution in [0.25, 0.3) is 0 Å². The van der Waals surface area contributed by atoms with E-state index in [2.05, 4.69) is 10.3 Å². The molecule has 15 heavy (non-hydrogen) atoms. The molecule has 1 rings (SSSR count). The molecule has 1 aromatic rings. The summed E-state index contributed by atoms with van der Waals surface area (Å²) in [5.74, 6) is 0.595. The summed E-state index contributed by atoms with van der Waals surface area (Å²) in [5.41, 5.74) is 5.59. The maximum atomic E-state index is 11.4. The summed E-state index contributed by atoms with van der Waals surface area (Å²) < 4.78 is 0. The molecular formula is C11H17N3O. The molecule has 0 aromatic carbocycles. The second-order valence-electron chi connectivity index (χ2n) is 3.63. The first-order valence-corrected chi connectivity index (χ1v) is 5.15. The Bertz CT molecular complexity index is 298. The van der Waals surface area contributed by atoms with Gasteiger partial charge in [0.15, 0.2) is 0 Å². The van der Waals surface area contributed by atoms with Crippen LogP contribution in [0.1, 0.15) is 26.2 Å². The first-order chi connectivity index (χ1) is 7.18. The van der Waals surface area contributed by atoms with Crippen molar-refractivity contribution < 1.29 is 4.79 Å². The molecule has 1 amide bonds. The van der Waals surface area contributed by atoms with Crippen LogP contribution in [0.5, 0.6) is 0 Å². The summed E-state index contributed by atoms with van der Waals surface area (Å²) >= 11 is 0. The van der Waals surface area contributed by atoms with Crippen LogP contribution < -0.4 is 11.1 Å². The number of carbonyl (C=O) groups excluding carboxylic acids is 1. The third-order valence-electron chi connectivity index (χ3n) is 2.00. The lowest BCUT2D eigenvalue weighted by Crippen LogP contribution is -2.17. The number of rotatable bonds is 5. The van der Waals surface area contributed by atoms with Gasteiger partial charge in [0.1, 0.15) is 5.82 Å². The minimum Gasteiger partial charge on any atom is -0.328 e. The van der Waals surface area contributed by atoms with Crippen molar-refractivity contribution >= 4 is 11.7 Å². The molecule has 1 unspecified atom stereocenters. The maximum Gasteiger partial charge on any atom is 0.225 e. The monoisotopic (exact) mass is 207 g/mol. The van der Waals surface area contributed by atoms with Gasteiger partial charge in [0, 0.05) is 18.7 Å². The number of amides is 1. The molecule has 0 saturated heterocycles. The fourth-order valence-electron chi connectivity index (χ4n) is 1.23. The normalized spacial score (nSPS) is 12.1. The van der Waals surface area contributed by atoms with E-state index >= 15 is 0 Å². The molecule has 0 bridgehead atoms. The van der Waals surface area contributed by atoms with E-state index in [1.54, 1.807) is 12.3 Å². The Morgan fingerprint density at radius 1 is 1.60 bits per heavy atom. The van der Waals surface area contributed by atoms with Crippen molar-refractivity contribution in [1.29, 1.82) is 0 Å². The number of hydrogen-bond acceptors (Lipinski definition) is 3. The highest BCUT2D eigenvalue weighted by Crippen LogP contribution is 2.03. The van der Waals surface area contributed by atoms with Crippen molar-refractivity contribution in [2.75, 3.05) is 5.32 Å². The zero-order chi connectivity index (χ0) is 11.1. The average molecular weight is 207 g/mol. The van der Waals surface area contributed by atoms with Gasteiger partial charge in [-0.25, -0.2) is 4.98 Å². The lowest BCUT2D eigenvalue weighted by Gasteiger charge is -2.05. The number of aromatic nitrogens is 1. The van der Waals surface area contributed by atoms with Crippen LogP contribution in [0, 0.1) is 0 Å². The molecule has 3 N–H and O–H groups in total. The maximum absolute atomic E-state index is 11.4. The molecule has 82 valence electrons. The lowest BCUT2D eigenvalue weighted by atomic mass is 10.1. The van der Waals surface area contributed by atoms with Crippen molar-refractivity contribution in [2.24, 2.45) is 5.73 Å². The summed E-state index contributed by atoms with van der Waals surface area (Å²) in [7, 11) is 0. The summed E-state index contributed by atoms with van der Waals surface area (Å²) in [4.78, 5) is 15.4. The first kappa shape index (κ1) is 11.7. The predicted molar refractivity (Wildman–Crippen MR) is 60.4 cm³/mol. The fourth-order valence-corrected chi connectivity index (χ4v) is 1.23. The number of nitrogens with zero attached hydrogens (tertiary/aromatic N) is 1. The van der Waals surface area contributed by atoms with Gasteiger partial charge in [-0.15, -0.1) is 0 Å². The van der Waals surface area contributed by atoms with Gasteiger partial charge in [0.05, 0.1) is 0 Å². The van der Waals surface area contributed by atoms with E-state index in [-0.39, 0.29) is 11.9 Å². The molecular weight excluding hydrogens is 190 g/mol. The van der Waals surface area contributed by atoms with E-state index < -0.39 is 0 Å². The second-order valence-corrected chi connectivity index (χ2v) is 3.63. The fraction of sp³-hybridized carbons (Fsp3) is 0.455. The highest BCUT2D eigenvalue weighted by Gasteiger charge is 2.03. The van der Waals surface area contributed by atoms with Crippen molar-refractivity contribution in [3.63, 3.8) is 0 Å². The third-order valence-corrected chi connectivity index (χ3v) is 2.00. The number of nitrogens with two attached hydrogens (primary N) is 1. The van der Waals surface area contributed by atoms with E-state index in [0.29, 0.717) is 12.2 Å². The molecule has 1 aromatic heterocycles. The Labute approximate surface area is 89.9 Å². The van der Waals surface area contributed by atoms with E-state index in [1.807, 2.05) is 19.1 Å². The van der Waals surface area contributed by atoms with Gasteiger partial charge in [-0.3, -0.25) is 4.79 Å². The highest BCUT2D eigenvalue weighted by atomic mass is 16.1. The predicted octanol–water partition coefficient (Wildman–Crippen LogP) is 1.54. The third kappa shape index (κ3) is 5.12. The number of carbonyl (C=O) groups is 1. The van der Waals surface area contributed by atoms with Gasteiger partial charge in [0.25, 0.3) is 0 Å². The minimum absolute atomic E-state index is 0.00523. The van der Waals surface area contributed by atoms with E-state index in [0.717, 1.165) is 12.8 Å². The molecule has 4 nitrogen and oxygen atoms in total. The first-order valence-electron chi connectivity index (χ1n) is 5.15. The van der Waals surface area contributed by atoms with Crippen molar-refractivity contribution in [3.8, 4) is 0 Å². The van der Waals surface area contributed by atoms with E-state index in [9.17, 15) is 4.79 Å².